The van der Waals surface area contributed by atoms with Crippen molar-refractivity contribution >= 4 is 27.3 Å². The van der Waals surface area contributed by atoms with Crippen molar-refractivity contribution in [3.05, 3.63) is 77.4 Å². The summed E-state index contributed by atoms with van der Waals surface area (Å²) >= 11 is 0. The van der Waals surface area contributed by atoms with Gasteiger partial charge in [-0.15, -0.1) is 0 Å². The smallest absolute Gasteiger partial charge is 0.261 e. The van der Waals surface area contributed by atoms with Gasteiger partial charge in [-0.3, -0.25) is 9.52 Å². The zero-order chi connectivity index (χ0) is 19.9. The summed E-state index contributed by atoms with van der Waals surface area (Å²) < 4.78 is 33.6. The quantitative estimate of drug-likeness (QED) is 0.687. The van der Waals surface area contributed by atoms with E-state index >= 15 is 0 Å². The Bertz CT molecular complexity index is 1190. The molecule has 0 aliphatic carbocycles. The zero-order valence-electron chi connectivity index (χ0n) is 15.3. The molecule has 0 unspecified atom stereocenters. The van der Waals surface area contributed by atoms with Crippen molar-refractivity contribution in [2.75, 3.05) is 10.0 Å². The SMILES string of the molecule is Cc1ccc(S(=O)(=O)Nc2ccc3c(c2)C(=O)Nc2ccc(C)cc2O3)cc1. The van der Waals surface area contributed by atoms with Crippen molar-refractivity contribution < 1.29 is 17.9 Å². The molecule has 1 aliphatic heterocycles. The maximum Gasteiger partial charge on any atom is 0.261 e. The normalized spacial score (nSPS) is 12.9. The third kappa shape index (κ3) is 3.44. The second-order valence-corrected chi connectivity index (χ2v) is 8.37. The summed E-state index contributed by atoms with van der Waals surface area (Å²) in [5, 5.41) is 2.79. The van der Waals surface area contributed by atoms with Gasteiger partial charge in [0.1, 0.15) is 5.75 Å². The van der Waals surface area contributed by atoms with E-state index in [0.717, 1.165) is 11.1 Å². The molecule has 0 radical (unpaired) electrons. The van der Waals surface area contributed by atoms with Gasteiger partial charge in [0.05, 0.1) is 16.1 Å². The maximum absolute atomic E-state index is 12.6. The van der Waals surface area contributed by atoms with Gasteiger partial charge in [-0.1, -0.05) is 23.8 Å². The number of benzene rings is 3. The van der Waals surface area contributed by atoms with Gasteiger partial charge < -0.3 is 10.1 Å². The molecule has 6 nitrogen and oxygen atoms in total. The number of fused-ring (bicyclic) bond motifs is 2. The van der Waals surface area contributed by atoms with Gasteiger partial charge in [0.25, 0.3) is 15.9 Å². The third-order valence-corrected chi connectivity index (χ3v) is 5.81. The van der Waals surface area contributed by atoms with E-state index in [2.05, 4.69) is 10.0 Å². The van der Waals surface area contributed by atoms with E-state index < -0.39 is 10.0 Å². The summed E-state index contributed by atoms with van der Waals surface area (Å²) in [4.78, 5) is 12.8. The molecular formula is C21H18N2O4S. The number of hydrogen-bond donors (Lipinski definition) is 2. The summed E-state index contributed by atoms with van der Waals surface area (Å²) in [6.45, 7) is 3.81. The molecule has 0 fully saturated rings. The minimum absolute atomic E-state index is 0.150. The maximum atomic E-state index is 12.6. The van der Waals surface area contributed by atoms with E-state index in [4.69, 9.17) is 4.74 Å². The molecular weight excluding hydrogens is 376 g/mol. The lowest BCUT2D eigenvalue weighted by molar-refractivity contribution is 0.102. The van der Waals surface area contributed by atoms with E-state index in [1.807, 2.05) is 26.0 Å². The second-order valence-electron chi connectivity index (χ2n) is 6.69. The first kappa shape index (κ1) is 18.1. The Kier molecular flexibility index (Phi) is 4.31. The lowest BCUT2D eigenvalue weighted by Crippen LogP contribution is -2.14. The van der Waals surface area contributed by atoms with Crippen LogP contribution in [-0.4, -0.2) is 14.3 Å². The molecule has 0 saturated carbocycles. The summed E-state index contributed by atoms with van der Waals surface area (Å²) in [7, 11) is -3.76. The highest BCUT2D eigenvalue weighted by Gasteiger charge is 2.22. The Labute approximate surface area is 163 Å². The summed E-state index contributed by atoms with van der Waals surface area (Å²) in [6.07, 6.45) is 0. The lowest BCUT2D eigenvalue weighted by Gasteiger charge is -2.11. The van der Waals surface area contributed by atoms with Crippen LogP contribution < -0.4 is 14.8 Å². The molecule has 0 aromatic heterocycles. The monoisotopic (exact) mass is 394 g/mol. The van der Waals surface area contributed by atoms with Crippen molar-refractivity contribution in [3.63, 3.8) is 0 Å². The summed E-state index contributed by atoms with van der Waals surface area (Å²) in [5.41, 5.74) is 3.05. The third-order valence-electron chi connectivity index (χ3n) is 4.41. The van der Waals surface area contributed by atoms with Crippen LogP contribution in [0, 0.1) is 13.8 Å². The number of rotatable bonds is 3. The number of nitrogens with one attached hydrogen (secondary N) is 2. The van der Waals surface area contributed by atoms with E-state index in [0.29, 0.717) is 17.2 Å². The van der Waals surface area contributed by atoms with Crippen LogP contribution in [0.2, 0.25) is 0 Å². The van der Waals surface area contributed by atoms with Gasteiger partial charge >= 0.3 is 0 Å². The largest absolute Gasteiger partial charge is 0.454 e. The molecule has 142 valence electrons. The molecule has 2 N–H and O–H groups in total. The number of sulfonamides is 1. The van der Waals surface area contributed by atoms with Gasteiger partial charge in [-0.2, -0.15) is 0 Å². The molecule has 0 saturated heterocycles. The van der Waals surface area contributed by atoms with Crippen LogP contribution in [0.1, 0.15) is 21.5 Å². The van der Waals surface area contributed by atoms with Crippen LogP contribution in [0.15, 0.2) is 65.6 Å². The minimum Gasteiger partial charge on any atom is -0.454 e. The highest BCUT2D eigenvalue weighted by molar-refractivity contribution is 7.92. The highest BCUT2D eigenvalue weighted by Crippen LogP contribution is 2.37. The van der Waals surface area contributed by atoms with E-state index in [1.165, 1.54) is 18.2 Å². The average molecular weight is 394 g/mol. The number of ether oxygens (including phenoxy) is 1. The Balaban J connectivity index is 1.67. The summed E-state index contributed by atoms with van der Waals surface area (Å²) in [6, 6.07) is 16.6. The first-order chi connectivity index (χ1) is 13.3. The van der Waals surface area contributed by atoms with Gasteiger partial charge in [-0.05, 0) is 61.9 Å². The highest BCUT2D eigenvalue weighted by atomic mass is 32.2. The van der Waals surface area contributed by atoms with E-state index in [1.54, 1.807) is 30.3 Å². The molecule has 1 amide bonds. The molecule has 3 aromatic rings. The molecule has 3 aromatic carbocycles. The fourth-order valence-electron chi connectivity index (χ4n) is 2.92. The fourth-order valence-corrected chi connectivity index (χ4v) is 3.97. The van der Waals surface area contributed by atoms with E-state index in [9.17, 15) is 13.2 Å². The molecule has 0 bridgehead atoms. The number of amides is 1. The fraction of sp³-hybridized carbons (Fsp3) is 0.0952. The molecule has 0 spiro atoms. The molecule has 1 heterocycles. The number of anilines is 2. The van der Waals surface area contributed by atoms with Gasteiger partial charge in [0, 0.05) is 5.69 Å². The Morgan fingerprint density at radius 1 is 0.857 bits per heavy atom. The molecule has 4 rings (SSSR count). The van der Waals surface area contributed by atoms with Crippen LogP contribution in [0.4, 0.5) is 11.4 Å². The van der Waals surface area contributed by atoms with Gasteiger partial charge in [0.15, 0.2) is 5.75 Å². The van der Waals surface area contributed by atoms with Crippen molar-refractivity contribution in [1.82, 2.24) is 0 Å². The molecule has 28 heavy (non-hydrogen) atoms. The predicted octanol–water partition coefficient (Wildman–Crippen LogP) is 4.46. The number of carbonyl (C=O) groups excluding carboxylic acids is 1. The Hall–Kier alpha value is -3.32. The standard InChI is InChI=1S/C21H18N2O4S/c1-13-3-7-16(8-4-13)28(25,26)23-15-6-10-19-17(12-15)21(24)22-18-9-5-14(2)11-20(18)27-19/h3-12,23H,1-2H3,(H,22,24). The van der Waals surface area contributed by atoms with Crippen LogP contribution in [0.3, 0.4) is 0 Å². The lowest BCUT2D eigenvalue weighted by atomic mass is 10.1. The van der Waals surface area contributed by atoms with Crippen molar-refractivity contribution in [3.8, 4) is 11.5 Å². The molecule has 0 atom stereocenters. The predicted molar refractivity (Wildman–Crippen MR) is 108 cm³/mol. The average Bonchev–Trinajstić information content (AvgIpc) is 2.78. The minimum atomic E-state index is -3.76. The molecule has 7 heteroatoms. The van der Waals surface area contributed by atoms with Crippen molar-refractivity contribution in [1.29, 1.82) is 0 Å². The van der Waals surface area contributed by atoms with Gasteiger partial charge in [-0.25, -0.2) is 8.42 Å². The van der Waals surface area contributed by atoms with Crippen molar-refractivity contribution in [2.45, 2.75) is 18.7 Å². The van der Waals surface area contributed by atoms with E-state index in [-0.39, 0.29) is 22.1 Å². The van der Waals surface area contributed by atoms with Crippen LogP contribution >= 0.6 is 0 Å². The topological polar surface area (TPSA) is 84.5 Å². The second kappa shape index (κ2) is 6.69. The van der Waals surface area contributed by atoms with Crippen LogP contribution in [-0.2, 0) is 10.0 Å². The van der Waals surface area contributed by atoms with Crippen LogP contribution in [0.25, 0.3) is 0 Å². The number of carbonyl (C=O) groups is 1. The first-order valence-corrected chi connectivity index (χ1v) is 10.1. The molecule has 1 aliphatic rings. The number of aryl methyl sites for hydroxylation is 2. The zero-order valence-corrected chi connectivity index (χ0v) is 16.1. The van der Waals surface area contributed by atoms with Gasteiger partial charge in [0.2, 0.25) is 0 Å². The number of hydrogen-bond acceptors (Lipinski definition) is 4. The Morgan fingerprint density at radius 2 is 1.57 bits per heavy atom. The first-order valence-electron chi connectivity index (χ1n) is 8.65. The van der Waals surface area contributed by atoms with Crippen LogP contribution in [0.5, 0.6) is 11.5 Å². The Morgan fingerprint density at radius 3 is 2.32 bits per heavy atom. The summed E-state index contributed by atoms with van der Waals surface area (Å²) in [5.74, 6) is 0.536. The van der Waals surface area contributed by atoms with Crippen molar-refractivity contribution in [2.24, 2.45) is 0 Å².